The lowest BCUT2D eigenvalue weighted by molar-refractivity contribution is -0.920. The number of benzene rings is 2. The summed E-state index contributed by atoms with van der Waals surface area (Å²) >= 11 is 19.2. The number of hydrogen-bond acceptors (Lipinski definition) is 1. The van der Waals surface area contributed by atoms with Crippen LogP contribution in [0, 0.1) is 13.8 Å². The van der Waals surface area contributed by atoms with Crippen LogP contribution in [0.5, 0.6) is 5.75 Å². The van der Waals surface area contributed by atoms with Crippen molar-refractivity contribution in [3.63, 3.8) is 0 Å². The molecule has 0 unspecified atom stereocenters. The summed E-state index contributed by atoms with van der Waals surface area (Å²) in [5.41, 5.74) is 2.68. The first kappa shape index (κ1) is 31.1. The minimum atomic E-state index is -0.888. The summed E-state index contributed by atoms with van der Waals surface area (Å²) in [4.78, 5) is 0. The maximum atomic E-state index is 10.8. The molecule has 2 rings (SSSR count). The van der Waals surface area contributed by atoms with Crippen LogP contribution in [0.15, 0.2) is 42.5 Å². The van der Waals surface area contributed by atoms with Crippen LogP contribution in [-0.4, -0.2) is 25.1 Å². The summed E-state index contributed by atoms with van der Waals surface area (Å²) in [6, 6.07) is 13.1. The summed E-state index contributed by atoms with van der Waals surface area (Å²) in [6.45, 7) is 6.93. The van der Waals surface area contributed by atoms with Gasteiger partial charge in [0, 0.05) is 10.6 Å². The summed E-state index contributed by atoms with van der Waals surface area (Å²) in [5.74, 6) is 0.0272. The summed E-state index contributed by atoms with van der Waals surface area (Å²) in [6.07, 6.45) is 13.5. The predicted octanol–water partition coefficient (Wildman–Crippen LogP) is 9.30. The molecule has 0 aliphatic rings. The van der Waals surface area contributed by atoms with Crippen molar-refractivity contribution in [2.75, 3.05) is 20.6 Å². The summed E-state index contributed by atoms with van der Waals surface area (Å²) in [5, 5.41) is 11.5. The highest BCUT2D eigenvalue weighted by Crippen LogP contribution is 2.41. The molecule has 2 aromatic carbocycles. The Morgan fingerprint density at radius 2 is 1.21 bits per heavy atom. The van der Waals surface area contributed by atoms with E-state index in [9.17, 15) is 5.11 Å². The van der Waals surface area contributed by atoms with Crippen LogP contribution in [0.4, 0.5) is 0 Å². The van der Waals surface area contributed by atoms with E-state index in [2.05, 4.69) is 21.0 Å². The Balaban J connectivity index is 0.000000479. The van der Waals surface area contributed by atoms with E-state index >= 15 is 0 Å². The highest BCUT2D eigenvalue weighted by atomic mass is 35.5. The maximum absolute atomic E-state index is 10.8. The van der Waals surface area contributed by atoms with Gasteiger partial charge in [0.2, 0.25) is 0 Å². The SMILES string of the molecule is CCCCCCCCCCCC[N+](C)(C)C(Cl)(Cl)c1ccccc1.Cc1cc([O-])cc(C)c1Cl. The number of rotatable bonds is 13. The van der Waals surface area contributed by atoms with E-state index in [0.29, 0.717) is 9.51 Å². The Bertz CT molecular complexity index is 798. The zero-order chi connectivity index (χ0) is 25.6. The molecule has 5 heteroatoms. The lowest BCUT2D eigenvalue weighted by atomic mass is 10.1. The van der Waals surface area contributed by atoms with Crippen molar-refractivity contribution in [1.82, 2.24) is 0 Å². The average molecular weight is 529 g/mol. The second-order valence-corrected chi connectivity index (χ2v) is 11.5. The lowest BCUT2D eigenvalue weighted by Gasteiger charge is -2.40. The van der Waals surface area contributed by atoms with Gasteiger partial charge in [-0.15, -0.1) is 5.75 Å². The lowest BCUT2D eigenvalue weighted by Crippen LogP contribution is -2.51. The first-order chi connectivity index (χ1) is 16.0. The third-order valence-corrected chi connectivity index (χ3v) is 8.31. The average Bonchev–Trinajstić information content (AvgIpc) is 2.79. The molecule has 0 radical (unpaired) electrons. The fourth-order valence-corrected chi connectivity index (χ4v) is 4.56. The van der Waals surface area contributed by atoms with Crippen LogP contribution in [0.25, 0.3) is 0 Å². The van der Waals surface area contributed by atoms with Gasteiger partial charge in [0.25, 0.3) is 4.46 Å². The standard InChI is InChI=1S/C21H36Cl2N.C8H9ClO/c1-4-5-6-7-8-9-10-11-12-16-19-24(2,3)21(22,23)20-17-14-13-15-18-20;1-5-3-7(10)4-6(2)8(5)9/h13-15,17-18H,4-12,16,19H2,1-3H3;3-4,10H,1-2H3/q+1;/p-1. The van der Waals surface area contributed by atoms with Gasteiger partial charge in [0.15, 0.2) is 0 Å². The maximum Gasteiger partial charge on any atom is 0.277 e. The topological polar surface area (TPSA) is 23.1 Å². The van der Waals surface area contributed by atoms with Gasteiger partial charge in [-0.3, -0.25) is 4.48 Å². The monoisotopic (exact) mass is 527 g/mol. The van der Waals surface area contributed by atoms with Crippen LogP contribution >= 0.6 is 34.8 Å². The van der Waals surface area contributed by atoms with E-state index in [4.69, 9.17) is 34.8 Å². The van der Waals surface area contributed by atoms with E-state index in [1.807, 2.05) is 44.2 Å². The second kappa shape index (κ2) is 15.9. The molecule has 0 aliphatic heterocycles. The number of quaternary nitrogens is 1. The Hall–Kier alpha value is -0.930. The van der Waals surface area contributed by atoms with Gasteiger partial charge in [-0.05, 0) is 73.2 Å². The fraction of sp³-hybridized carbons (Fsp3) is 0.586. The first-order valence-electron chi connectivity index (χ1n) is 12.7. The van der Waals surface area contributed by atoms with Gasteiger partial charge < -0.3 is 5.11 Å². The van der Waals surface area contributed by atoms with Crippen molar-refractivity contribution >= 4 is 34.8 Å². The number of nitrogens with zero attached hydrogens (tertiary/aromatic N) is 1. The number of alkyl halides is 2. The molecule has 0 aromatic heterocycles. The predicted molar refractivity (Wildman–Crippen MR) is 149 cm³/mol. The van der Waals surface area contributed by atoms with Crippen molar-refractivity contribution < 1.29 is 9.59 Å². The molecule has 0 bridgehead atoms. The van der Waals surface area contributed by atoms with E-state index in [0.717, 1.165) is 23.2 Å². The van der Waals surface area contributed by atoms with Gasteiger partial charge in [0.1, 0.15) is 0 Å². The number of aryl methyl sites for hydroxylation is 2. The molecule has 2 aromatic rings. The molecular formula is C29H44Cl3NO. The van der Waals surface area contributed by atoms with Crippen molar-refractivity contribution in [3.8, 4) is 5.75 Å². The number of unbranched alkanes of at least 4 members (excludes halogenated alkanes) is 9. The zero-order valence-electron chi connectivity index (χ0n) is 21.8. The Kier molecular flexibility index (Phi) is 14.6. The van der Waals surface area contributed by atoms with Gasteiger partial charge in [0.05, 0.1) is 20.6 Å². The summed E-state index contributed by atoms with van der Waals surface area (Å²) < 4.78 is -0.294. The normalized spacial score (nSPS) is 11.8. The van der Waals surface area contributed by atoms with E-state index in [-0.39, 0.29) is 5.75 Å². The van der Waals surface area contributed by atoms with Gasteiger partial charge >= 0.3 is 0 Å². The quantitative estimate of drug-likeness (QED) is 0.110. The molecule has 2 nitrogen and oxygen atoms in total. The van der Waals surface area contributed by atoms with E-state index in [1.54, 1.807) is 0 Å². The molecule has 0 amide bonds. The minimum absolute atomic E-state index is 0.0272. The molecular weight excluding hydrogens is 485 g/mol. The molecule has 192 valence electrons. The zero-order valence-corrected chi connectivity index (χ0v) is 24.1. The molecule has 0 N–H and O–H groups in total. The smallest absolute Gasteiger partial charge is 0.277 e. The third kappa shape index (κ3) is 10.8. The largest absolute Gasteiger partial charge is 0.872 e. The van der Waals surface area contributed by atoms with Crippen LogP contribution in [-0.2, 0) is 4.46 Å². The number of halogens is 3. The Labute approximate surface area is 223 Å². The molecule has 0 fully saturated rings. The van der Waals surface area contributed by atoms with Crippen molar-refractivity contribution in [2.24, 2.45) is 0 Å². The minimum Gasteiger partial charge on any atom is -0.872 e. The molecule has 0 aliphatic carbocycles. The van der Waals surface area contributed by atoms with Gasteiger partial charge in [-0.1, -0.05) is 100 Å². The van der Waals surface area contributed by atoms with Crippen LogP contribution in [0.2, 0.25) is 5.02 Å². The molecule has 0 heterocycles. The van der Waals surface area contributed by atoms with Crippen molar-refractivity contribution in [3.05, 3.63) is 64.2 Å². The molecule has 0 spiro atoms. The van der Waals surface area contributed by atoms with Gasteiger partial charge in [-0.2, -0.15) is 0 Å². The van der Waals surface area contributed by atoms with E-state index < -0.39 is 4.46 Å². The molecule has 0 saturated carbocycles. The van der Waals surface area contributed by atoms with E-state index in [1.165, 1.54) is 76.3 Å². The Morgan fingerprint density at radius 1 is 0.765 bits per heavy atom. The van der Waals surface area contributed by atoms with Gasteiger partial charge in [-0.25, -0.2) is 0 Å². The first-order valence-corrected chi connectivity index (χ1v) is 13.9. The Morgan fingerprint density at radius 3 is 1.68 bits per heavy atom. The third-order valence-electron chi connectivity index (χ3n) is 6.36. The van der Waals surface area contributed by atoms with Crippen LogP contribution < -0.4 is 5.11 Å². The highest BCUT2D eigenvalue weighted by molar-refractivity contribution is 6.46. The number of hydrogen-bond donors (Lipinski definition) is 0. The summed E-state index contributed by atoms with van der Waals surface area (Å²) in [7, 11) is 4.25. The molecule has 0 saturated heterocycles. The van der Waals surface area contributed by atoms with Crippen LogP contribution in [0.1, 0.15) is 87.8 Å². The van der Waals surface area contributed by atoms with Crippen LogP contribution in [0.3, 0.4) is 0 Å². The fourth-order valence-electron chi connectivity index (χ4n) is 4.03. The molecule has 34 heavy (non-hydrogen) atoms. The van der Waals surface area contributed by atoms with Crippen molar-refractivity contribution in [2.45, 2.75) is 89.4 Å². The molecule has 0 atom stereocenters. The van der Waals surface area contributed by atoms with Crippen molar-refractivity contribution in [1.29, 1.82) is 0 Å². The second-order valence-electron chi connectivity index (χ2n) is 9.87. The highest BCUT2D eigenvalue weighted by Gasteiger charge is 2.43.